The fraction of sp³-hybridized carbons (Fsp3) is 0.364. The summed E-state index contributed by atoms with van der Waals surface area (Å²) < 4.78 is 0. The normalized spacial score (nSPS) is 20.3. The molecule has 8 nitrogen and oxygen atoms in total. The second-order valence-electron chi connectivity index (χ2n) is 7.55. The molecule has 0 unspecified atom stereocenters. The number of fused-ring (bicyclic) bond motifs is 2. The molecule has 1 aromatic carbocycles. The molecule has 3 heterocycles. The van der Waals surface area contributed by atoms with Gasteiger partial charge in [0.1, 0.15) is 12.4 Å². The molecule has 30 heavy (non-hydrogen) atoms. The lowest BCUT2D eigenvalue weighted by molar-refractivity contribution is -0.140. The summed E-state index contributed by atoms with van der Waals surface area (Å²) in [5.74, 6) is -0.172. The summed E-state index contributed by atoms with van der Waals surface area (Å²) in [5.41, 5.74) is 1.83. The Hall–Kier alpha value is -3.26. The minimum Gasteiger partial charge on any atom is -0.313 e. The Labute approximate surface area is 175 Å². The molecule has 1 aromatic heterocycles. The van der Waals surface area contributed by atoms with E-state index in [1.807, 2.05) is 48.5 Å². The first-order valence-corrected chi connectivity index (χ1v) is 10.2. The van der Waals surface area contributed by atoms with E-state index in [1.165, 1.54) is 5.06 Å². The number of nitrogens with one attached hydrogen (secondary N) is 2. The van der Waals surface area contributed by atoms with Gasteiger partial charge in [0.05, 0.1) is 12.1 Å². The van der Waals surface area contributed by atoms with Crippen molar-refractivity contribution in [2.24, 2.45) is 0 Å². The maximum Gasteiger partial charge on any atom is 0.344 e. The van der Waals surface area contributed by atoms with E-state index in [9.17, 15) is 9.59 Å². The Bertz CT molecular complexity index is 906. The predicted octanol–water partition coefficient (Wildman–Crippen LogP) is 2.51. The number of nitrogens with zero attached hydrogens (tertiary/aromatic N) is 3. The SMILES string of the molecule is N=C(NC(=O)CCc1ccccn1)[C@@H]1CC[C@@H]2CN1C(=O)N2OCc1ccccc1. The van der Waals surface area contributed by atoms with E-state index in [0.29, 0.717) is 26.0 Å². The number of amidine groups is 1. The maximum absolute atomic E-state index is 12.8. The van der Waals surface area contributed by atoms with Gasteiger partial charge >= 0.3 is 6.03 Å². The molecule has 2 aliphatic rings. The Morgan fingerprint density at radius 1 is 1.17 bits per heavy atom. The molecule has 2 fully saturated rings. The van der Waals surface area contributed by atoms with Gasteiger partial charge in [-0.1, -0.05) is 36.4 Å². The van der Waals surface area contributed by atoms with E-state index in [1.54, 1.807) is 11.1 Å². The highest BCUT2D eigenvalue weighted by Gasteiger charge is 2.47. The highest BCUT2D eigenvalue weighted by atomic mass is 16.7. The molecule has 2 N–H and O–H groups in total. The third-order valence-corrected chi connectivity index (χ3v) is 5.48. The van der Waals surface area contributed by atoms with Crippen molar-refractivity contribution in [2.75, 3.05) is 6.54 Å². The van der Waals surface area contributed by atoms with E-state index in [-0.39, 0.29) is 30.2 Å². The number of carbonyl (C=O) groups excluding carboxylic acids is 2. The zero-order valence-corrected chi connectivity index (χ0v) is 16.7. The van der Waals surface area contributed by atoms with Crippen LogP contribution in [0.5, 0.6) is 0 Å². The first kappa shape index (κ1) is 20.0. The van der Waals surface area contributed by atoms with Crippen LogP contribution in [0.2, 0.25) is 0 Å². The summed E-state index contributed by atoms with van der Waals surface area (Å²) in [5, 5.41) is 12.4. The summed E-state index contributed by atoms with van der Waals surface area (Å²) in [6, 6.07) is 14.6. The van der Waals surface area contributed by atoms with E-state index in [0.717, 1.165) is 17.7 Å². The van der Waals surface area contributed by atoms with Crippen molar-refractivity contribution < 1.29 is 14.4 Å². The minimum atomic E-state index is -0.433. The van der Waals surface area contributed by atoms with Gasteiger partial charge in [-0.3, -0.25) is 20.0 Å². The van der Waals surface area contributed by atoms with Crippen LogP contribution in [0.1, 0.15) is 30.5 Å². The average Bonchev–Trinajstić information content (AvgIpc) is 3.01. The topological polar surface area (TPSA) is 98.6 Å². The summed E-state index contributed by atoms with van der Waals surface area (Å²) >= 11 is 0. The molecular formula is C22H25N5O3. The Morgan fingerprint density at radius 3 is 2.73 bits per heavy atom. The van der Waals surface area contributed by atoms with Crippen LogP contribution in [-0.4, -0.2) is 51.3 Å². The van der Waals surface area contributed by atoms with Crippen LogP contribution in [0.25, 0.3) is 0 Å². The van der Waals surface area contributed by atoms with Crippen LogP contribution < -0.4 is 5.32 Å². The molecule has 0 spiro atoms. The van der Waals surface area contributed by atoms with Crippen molar-refractivity contribution in [1.82, 2.24) is 20.3 Å². The number of piperidine rings is 1. The summed E-state index contributed by atoms with van der Waals surface area (Å²) in [6.45, 7) is 0.827. The molecule has 2 aromatic rings. The van der Waals surface area contributed by atoms with Crippen molar-refractivity contribution >= 4 is 17.8 Å². The fourth-order valence-electron chi connectivity index (χ4n) is 3.90. The van der Waals surface area contributed by atoms with E-state index < -0.39 is 6.04 Å². The molecule has 3 amide bonds. The van der Waals surface area contributed by atoms with Gasteiger partial charge in [-0.25, -0.2) is 4.79 Å². The van der Waals surface area contributed by atoms with Crippen molar-refractivity contribution in [2.45, 2.75) is 44.4 Å². The first-order valence-electron chi connectivity index (χ1n) is 10.2. The Balaban J connectivity index is 1.30. The van der Waals surface area contributed by atoms with Crippen LogP contribution in [0.15, 0.2) is 54.7 Å². The second-order valence-corrected chi connectivity index (χ2v) is 7.55. The highest BCUT2D eigenvalue weighted by molar-refractivity contribution is 6.01. The lowest BCUT2D eigenvalue weighted by atomic mass is 10.00. The van der Waals surface area contributed by atoms with Gasteiger partial charge in [0.25, 0.3) is 0 Å². The zero-order valence-electron chi connectivity index (χ0n) is 16.7. The third kappa shape index (κ3) is 4.49. The molecule has 156 valence electrons. The summed E-state index contributed by atoms with van der Waals surface area (Å²) in [4.78, 5) is 36.7. The summed E-state index contributed by atoms with van der Waals surface area (Å²) in [6.07, 6.45) is 3.80. The van der Waals surface area contributed by atoms with E-state index >= 15 is 0 Å². The maximum atomic E-state index is 12.8. The lowest BCUT2D eigenvalue weighted by Gasteiger charge is -2.30. The van der Waals surface area contributed by atoms with Crippen molar-refractivity contribution in [3.05, 3.63) is 66.0 Å². The standard InChI is InChI=1S/C22H25N5O3/c23-21(25-20(28)12-9-17-8-4-5-13-24-17)19-11-10-18-14-26(19)22(29)27(18)30-15-16-6-2-1-3-7-16/h1-8,13,18-19H,9-12,14-15H2,(H2,23,25,28)/t18-,19+/m1/s1. The quantitative estimate of drug-likeness (QED) is 0.544. The predicted molar refractivity (Wildman–Crippen MR) is 110 cm³/mol. The second kappa shape index (κ2) is 9.04. The molecule has 0 saturated carbocycles. The molecule has 2 bridgehead atoms. The number of aryl methyl sites for hydroxylation is 1. The molecule has 8 heteroatoms. The van der Waals surface area contributed by atoms with Crippen LogP contribution in [0.3, 0.4) is 0 Å². The summed E-state index contributed by atoms with van der Waals surface area (Å²) in [7, 11) is 0. The molecule has 0 radical (unpaired) electrons. The van der Waals surface area contributed by atoms with E-state index in [4.69, 9.17) is 10.2 Å². The number of pyridine rings is 1. The number of rotatable bonds is 7. The van der Waals surface area contributed by atoms with Gasteiger partial charge in [0.15, 0.2) is 0 Å². The van der Waals surface area contributed by atoms with Gasteiger partial charge in [0, 0.05) is 24.9 Å². The molecule has 4 rings (SSSR count). The lowest BCUT2D eigenvalue weighted by Crippen LogP contribution is -2.50. The van der Waals surface area contributed by atoms with E-state index in [2.05, 4.69) is 10.3 Å². The van der Waals surface area contributed by atoms with Crippen molar-refractivity contribution in [1.29, 1.82) is 5.41 Å². The Kier molecular flexibility index (Phi) is 6.04. The van der Waals surface area contributed by atoms with Gasteiger partial charge in [0.2, 0.25) is 5.91 Å². The van der Waals surface area contributed by atoms with Crippen molar-refractivity contribution in [3.63, 3.8) is 0 Å². The molecular weight excluding hydrogens is 382 g/mol. The van der Waals surface area contributed by atoms with Crippen LogP contribution in [-0.2, 0) is 22.7 Å². The van der Waals surface area contributed by atoms with Crippen LogP contribution in [0, 0.1) is 5.41 Å². The van der Waals surface area contributed by atoms with Gasteiger partial charge in [-0.2, -0.15) is 5.06 Å². The molecule has 2 saturated heterocycles. The zero-order chi connectivity index (χ0) is 20.9. The van der Waals surface area contributed by atoms with Gasteiger partial charge in [-0.15, -0.1) is 0 Å². The van der Waals surface area contributed by atoms with Crippen LogP contribution in [0.4, 0.5) is 4.79 Å². The van der Waals surface area contributed by atoms with Crippen molar-refractivity contribution in [3.8, 4) is 0 Å². The number of urea groups is 1. The van der Waals surface area contributed by atoms with Gasteiger partial charge in [-0.05, 0) is 37.0 Å². The van der Waals surface area contributed by atoms with Crippen LogP contribution >= 0.6 is 0 Å². The number of hydrogen-bond donors (Lipinski definition) is 2. The number of aromatic nitrogens is 1. The monoisotopic (exact) mass is 407 g/mol. The first-order chi connectivity index (χ1) is 14.6. The number of benzene rings is 1. The average molecular weight is 407 g/mol. The molecule has 2 aliphatic heterocycles. The molecule has 2 atom stereocenters. The minimum absolute atomic E-state index is 0.0230. The van der Waals surface area contributed by atoms with Gasteiger partial charge < -0.3 is 10.2 Å². The largest absolute Gasteiger partial charge is 0.344 e. The fourth-order valence-corrected chi connectivity index (χ4v) is 3.90. The smallest absolute Gasteiger partial charge is 0.313 e. The third-order valence-electron chi connectivity index (χ3n) is 5.48. The molecule has 0 aliphatic carbocycles. The Morgan fingerprint density at radius 2 is 1.97 bits per heavy atom. The number of amides is 3. The number of hydrogen-bond acceptors (Lipinski definition) is 5. The number of carbonyl (C=O) groups is 2. The highest BCUT2D eigenvalue weighted by Crippen LogP contribution is 2.30. The number of hydroxylamine groups is 2.